The number of aromatic amines is 1. The molecule has 0 spiro atoms. The number of nitriles is 1. The van der Waals surface area contributed by atoms with Gasteiger partial charge in [-0.25, -0.2) is 0 Å². The molecule has 0 unspecified atom stereocenters. The molecule has 0 aliphatic carbocycles. The van der Waals surface area contributed by atoms with Gasteiger partial charge in [0.2, 0.25) is 0 Å². The predicted octanol–water partition coefficient (Wildman–Crippen LogP) is 4.73. The van der Waals surface area contributed by atoms with Crippen molar-refractivity contribution in [3.05, 3.63) is 60.3 Å². The van der Waals surface area contributed by atoms with Gasteiger partial charge in [0, 0.05) is 34.8 Å². The fraction of sp³-hybridized carbons (Fsp3) is 0.150. The lowest BCUT2D eigenvalue weighted by Crippen LogP contribution is -2.01. The Morgan fingerprint density at radius 2 is 1.92 bits per heavy atom. The highest BCUT2D eigenvalue weighted by Crippen LogP contribution is 2.33. The van der Waals surface area contributed by atoms with Crippen LogP contribution in [0.1, 0.15) is 12.0 Å². The third kappa shape index (κ3) is 2.87. The zero-order valence-corrected chi connectivity index (χ0v) is 15.1. The minimum absolute atomic E-state index is 0.480. The van der Waals surface area contributed by atoms with Crippen LogP contribution in [-0.4, -0.2) is 25.5 Å². The van der Waals surface area contributed by atoms with Gasteiger partial charge in [0.1, 0.15) is 0 Å². The van der Waals surface area contributed by atoms with Crippen molar-refractivity contribution in [3.8, 4) is 23.1 Å². The Kier molecular flexibility index (Phi) is 4.46. The number of para-hydroxylation sites is 2. The highest BCUT2D eigenvalue weighted by Gasteiger charge is 2.19. The Morgan fingerprint density at radius 1 is 1.12 bits per heavy atom. The van der Waals surface area contributed by atoms with Crippen molar-refractivity contribution >= 4 is 22.7 Å². The maximum atomic E-state index is 8.84. The molecule has 0 saturated carbocycles. The molecule has 0 aliphatic heterocycles. The Bertz CT molecular complexity index is 1100. The van der Waals surface area contributed by atoms with Gasteiger partial charge in [-0.15, -0.1) is 10.2 Å². The lowest BCUT2D eigenvalue weighted by atomic mass is 10.1. The Labute approximate surface area is 155 Å². The minimum atomic E-state index is 0.480. The van der Waals surface area contributed by atoms with Gasteiger partial charge in [0.15, 0.2) is 11.0 Å². The zero-order valence-electron chi connectivity index (χ0n) is 14.3. The molecule has 5 nitrogen and oxygen atoms in total. The maximum Gasteiger partial charge on any atom is 0.196 e. The third-order valence-corrected chi connectivity index (χ3v) is 5.20. The smallest absolute Gasteiger partial charge is 0.196 e. The lowest BCUT2D eigenvalue weighted by Gasteiger charge is -2.12. The van der Waals surface area contributed by atoms with E-state index in [0.29, 0.717) is 12.2 Å². The van der Waals surface area contributed by atoms with Crippen molar-refractivity contribution < 1.29 is 0 Å². The maximum absolute atomic E-state index is 8.84. The summed E-state index contributed by atoms with van der Waals surface area (Å²) in [5.74, 6) is 1.49. The summed E-state index contributed by atoms with van der Waals surface area (Å²) in [7, 11) is 0. The van der Waals surface area contributed by atoms with Gasteiger partial charge in [-0.1, -0.05) is 48.2 Å². The van der Waals surface area contributed by atoms with Crippen LogP contribution in [0.15, 0.2) is 59.9 Å². The van der Waals surface area contributed by atoms with Crippen LogP contribution in [0.4, 0.5) is 0 Å². The van der Waals surface area contributed by atoms with Gasteiger partial charge in [0.05, 0.1) is 11.8 Å². The second-order valence-corrected chi connectivity index (χ2v) is 6.99. The monoisotopic (exact) mass is 359 g/mol. The Hall–Kier alpha value is -3.04. The van der Waals surface area contributed by atoms with Crippen molar-refractivity contribution in [3.63, 3.8) is 0 Å². The predicted molar refractivity (Wildman–Crippen MR) is 104 cm³/mol. The molecule has 0 amide bonds. The first kappa shape index (κ1) is 16.4. The number of hydrogen-bond donors (Lipinski definition) is 1. The Morgan fingerprint density at radius 3 is 2.77 bits per heavy atom. The van der Waals surface area contributed by atoms with Gasteiger partial charge < -0.3 is 4.98 Å². The van der Waals surface area contributed by atoms with E-state index >= 15 is 0 Å². The molecule has 0 saturated heterocycles. The second kappa shape index (κ2) is 7.06. The molecular formula is C20H17N5S. The van der Waals surface area contributed by atoms with Crippen LogP contribution in [0.25, 0.3) is 28.0 Å². The quantitative estimate of drug-likeness (QED) is 0.413. The molecule has 0 bridgehead atoms. The number of fused-ring (bicyclic) bond motifs is 1. The normalized spacial score (nSPS) is 10.9. The van der Waals surface area contributed by atoms with Crippen LogP contribution in [-0.2, 0) is 0 Å². The highest BCUT2D eigenvalue weighted by atomic mass is 32.2. The fourth-order valence-corrected chi connectivity index (χ4v) is 3.80. The minimum Gasteiger partial charge on any atom is -0.360 e. The molecule has 6 heteroatoms. The van der Waals surface area contributed by atoms with E-state index in [1.54, 1.807) is 11.8 Å². The van der Waals surface area contributed by atoms with E-state index < -0.39 is 0 Å². The summed E-state index contributed by atoms with van der Waals surface area (Å²) in [6, 6.07) is 18.6. The molecule has 0 aliphatic rings. The standard InChI is InChI=1S/C20H17N5S/c1-14-7-2-5-10-18(14)25-19(23-24-20(25)26-12-6-11-21)16-13-22-17-9-4-3-8-15(16)17/h2-5,7-10,13,22H,6,12H2,1H3. The number of hydrogen-bond acceptors (Lipinski definition) is 4. The van der Waals surface area contributed by atoms with Crippen LogP contribution >= 0.6 is 11.8 Å². The summed E-state index contributed by atoms with van der Waals surface area (Å²) < 4.78 is 2.09. The fourth-order valence-electron chi connectivity index (χ4n) is 3.01. The molecular weight excluding hydrogens is 342 g/mol. The molecule has 2 aromatic carbocycles. The first-order chi connectivity index (χ1) is 12.8. The van der Waals surface area contributed by atoms with E-state index in [1.807, 2.05) is 30.5 Å². The molecule has 4 aromatic rings. The van der Waals surface area contributed by atoms with Crippen LogP contribution in [0.3, 0.4) is 0 Å². The van der Waals surface area contributed by atoms with E-state index in [1.165, 1.54) is 0 Å². The first-order valence-electron chi connectivity index (χ1n) is 8.37. The molecule has 0 atom stereocenters. The van der Waals surface area contributed by atoms with Crippen LogP contribution < -0.4 is 0 Å². The number of nitrogens with one attached hydrogen (secondary N) is 1. The van der Waals surface area contributed by atoms with Crippen molar-refractivity contribution in [1.82, 2.24) is 19.7 Å². The molecule has 2 aromatic heterocycles. The number of aryl methyl sites for hydroxylation is 1. The van der Waals surface area contributed by atoms with Gasteiger partial charge >= 0.3 is 0 Å². The summed E-state index contributed by atoms with van der Waals surface area (Å²) in [4.78, 5) is 3.31. The third-order valence-electron chi connectivity index (χ3n) is 4.26. The van der Waals surface area contributed by atoms with E-state index in [2.05, 4.69) is 57.0 Å². The summed E-state index contributed by atoms with van der Waals surface area (Å²) in [6.07, 6.45) is 2.46. The number of rotatable bonds is 5. The zero-order chi connectivity index (χ0) is 17.9. The molecule has 4 rings (SSSR count). The van der Waals surface area contributed by atoms with E-state index in [9.17, 15) is 0 Å². The van der Waals surface area contributed by atoms with Crippen LogP contribution in [0, 0.1) is 18.3 Å². The van der Waals surface area contributed by atoms with Gasteiger partial charge in [0.25, 0.3) is 0 Å². The Balaban J connectivity index is 1.90. The number of thioether (sulfide) groups is 1. The molecule has 0 radical (unpaired) electrons. The molecule has 0 fully saturated rings. The first-order valence-corrected chi connectivity index (χ1v) is 9.36. The molecule has 26 heavy (non-hydrogen) atoms. The van der Waals surface area contributed by atoms with Crippen molar-refractivity contribution in [1.29, 1.82) is 5.26 Å². The number of H-pyrrole nitrogens is 1. The number of nitrogens with zero attached hydrogens (tertiary/aromatic N) is 4. The number of benzene rings is 2. The molecule has 128 valence electrons. The van der Waals surface area contributed by atoms with Crippen molar-refractivity contribution in [2.45, 2.75) is 18.5 Å². The van der Waals surface area contributed by atoms with Gasteiger partial charge in [-0.2, -0.15) is 5.26 Å². The number of aromatic nitrogens is 4. The van der Waals surface area contributed by atoms with Crippen molar-refractivity contribution in [2.75, 3.05) is 5.75 Å². The largest absolute Gasteiger partial charge is 0.360 e. The van der Waals surface area contributed by atoms with Gasteiger partial charge in [-0.3, -0.25) is 4.57 Å². The lowest BCUT2D eigenvalue weighted by molar-refractivity contribution is 0.880. The molecule has 1 N–H and O–H groups in total. The van der Waals surface area contributed by atoms with E-state index in [0.717, 1.165) is 38.7 Å². The summed E-state index contributed by atoms with van der Waals surface area (Å²) in [5.41, 5.74) is 4.29. The van der Waals surface area contributed by atoms with Crippen LogP contribution in [0.2, 0.25) is 0 Å². The molecule has 2 heterocycles. The summed E-state index contributed by atoms with van der Waals surface area (Å²) in [6.45, 7) is 2.08. The van der Waals surface area contributed by atoms with E-state index in [4.69, 9.17) is 5.26 Å². The second-order valence-electron chi connectivity index (χ2n) is 5.93. The average molecular weight is 359 g/mol. The topological polar surface area (TPSA) is 70.3 Å². The van der Waals surface area contributed by atoms with Crippen LogP contribution in [0.5, 0.6) is 0 Å². The van der Waals surface area contributed by atoms with E-state index in [-0.39, 0.29) is 0 Å². The SMILES string of the molecule is Cc1ccccc1-n1c(SCCC#N)nnc1-c1c[nH]c2ccccc12. The van der Waals surface area contributed by atoms with Crippen molar-refractivity contribution in [2.24, 2.45) is 0 Å². The van der Waals surface area contributed by atoms with Gasteiger partial charge in [-0.05, 0) is 24.6 Å². The summed E-state index contributed by atoms with van der Waals surface area (Å²) in [5, 5.41) is 19.7. The summed E-state index contributed by atoms with van der Waals surface area (Å²) >= 11 is 1.56. The average Bonchev–Trinajstić information content (AvgIpc) is 3.26. The highest BCUT2D eigenvalue weighted by molar-refractivity contribution is 7.99.